The molecule has 0 aromatic heterocycles. The summed E-state index contributed by atoms with van der Waals surface area (Å²) in [5.74, 6) is -0.695. The zero-order valence-corrected chi connectivity index (χ0v) is 10.5. The lowest BCUT2D eigenvalue weighted by atomic mass is 10.2. The Morgan fingerprint density at radius 3 is 2.67 bits per heavy atom. The summed E-state index contributed by atoms with van der Waals surface area (Å²) in [4.78, 5) is 11.9. The van der Waals surface area contributed by atoms with Crippen LogP contribution in [0.15, 0.2) is 42.5 Å². The average Bonchev–Trinajstić information content (AvgIpc) is 2.27. The predicted octanol–water partition coefficient (Wildman–Crippen LogP) is 4.04. The number of benzene rings is 2. The first kappa shape index (κ1) is 12.6. The minimum atomic E-state index is -0.378. The molecule has 0 saturated carbocycles. The number of hydrogen-bond donors (Lipinski definition) is 1. The highest BCUT2D eigenvalue weighted by Gasteiger charge is 2.07. The number of amides is 1. The number of carbonyl (C=O) groups excluding carboxylic acids is 1. The topological polar surface area (TPSA) is 29.1 Å². The molecule has 2 aromatic carbocycles. The summed E-state index contributed by atoms with van der Waals surface area (Å²) in [6.45, 7) is 1.76. The van der Waals surface area contributed by atoms with Crippen LogP contribution in [0.3, 0.4) is 0 Å². The van der Waals surface area contributed by atoms with Crippen LogP contribution < -0.4 is 5.32 Å². The van der Waals surface area contributed by atoms with Crippen molar-refractivity contribution in [1.82, 2.24) is 0 Å². The molecule has 0 radical (unpaired) electrons. The van der Waals surface area contributed by atoms with E-state index in [1.165, 1.54) is 12.1 Å². The van der Waals surface area contributed by atoms with E-state index in [4.69, 9.17) is 11.6 Å². The summed E-state index contributed by atoms with van der Waals surface area (Å²) >= 11 is 5.80. The van der Waals surface area contributed by atoms with Gasteiger partial charge in [0.25, 0.3) is 5.91 Å². The summed E-state index contributed by atoms with van der Waals surface area (Å²) in [6, 6.07) is 10.9. The fourth-order valence-corrected chi connectivity index (χ4v) is 1.83. The molecular weight excluding hydrogens is 253 g/mol. The predicted molar refractivity (Wildman–Crippen MR) is 70.5 cm³/mol. The van der Waals surface area contributed by atoms with Crippen molar-refractivity contribution in [1.29, 1.82) is 0 Å². The molecule has 92 valence electrons. The molecule has 2 rings (SSSR count). The second-order valence-corrected chi connectivity index (χ2v) is 4.42. The van der Waals surface area contributed by atoms with Gasteiger partial charge in [0, 0.05) is 16.3 Å². The van der Waals surface area contributed by atoms with Crippen molar-refractivity contribution >= 4 is 23.2 Å². The van der Waals surface area contributed by atoms with Gasteiger partial charge in [0.2, 0.25) is 0 Å². The Bertz CT molecular complexity index is 578. The molecule has 1 N–H and O–H groups in total. The van der Waals surface area contributed by atoms with Crippen LogP contribution in [-0.4, -0.2) is 5.91 Å². The highest BCUT2D eigenvalue weighted by molar-refractivity contribution is 6.31. The van der Waals surface area contributed by atoms with Crippen molar-refractivity contribution in [2.45, 2.75) is 6.92 Å². The Morgan fingerprint density at radius 2 is 2.00 bits per heavy atom. The Labute approximate surface area is 109 Å². The smallest absolute Gasteiger partial charge is 0.255 e. The minimum absolute atomic E-state index is 0.317. The van der Waals surface area contributed by atoms with E-state index in [0.717, 1.165) is 5.56 Å². The van der Waals surface area contributed by atoms with E-state index >= 15 is 0 Å². The van der Waals surface area contributed by atoms with Gasteiger partial charge in [-0.15, -0.1) is 0 Å². The van der Waals surface area contributed by atoms with Crippen molar-refractivity contribution in [2.75, 3.05) is 5.32 Å². The van der Waals surface area contributed by atoms with E-state index < -0.39 is 0 Å². The quantitative estimate of drug-likeness (QED) is 0.870. The van der Waals surface area contributed by atoms with Crippen LogP contribution in [0.4, 0.5) is 10.1 Å². The Kier molecular flexibility index (Phi) is 3.63. The maximum atomic E-state index is 13.2. The molecule has 0 bridgehead atoms. The van der Waals surface area contributed by atoms with Crippen LogP contribution in [0.2, 0.25) is 5.02 Å². The van der Waals surface area contributed by atoms with Crippen molar-refractivity contribution in [3.05, 3.63) is 64.4 Å². The van der Waals surface area contributed by atoms with E-state index in [-0.39, 0.29) is 11.7 Å². The van der Waals surface area contributed by atoms with Crippen molar-refractivity contribution < 1.29 is 9.18 Å². The molecule has 4 heteroatoms. The normalized spacial score (nSPS) is 10.2. The van der Waals surface area contributed by atoms with Gasteiger partial charge in [0.1, 0.15) is 5.82 Å². The van der Waals surface area contributed by atoms with Gasteiger partial charge in [0.15, 0.2) is 0 Å². The lowest BCUT2D eigenvalue weighted by Crippen LogP contribution is -2.12. The summed E-state index contributed by atoms with van der Waals surface area (Å²) < 4.78 is 13.2. The molecule has 0 aliphatic heterocycles. The number of halogens is 2. The number of nitrogens with one attached hydrogen (secondary N) is 1. The van der Waals surface area contributed by atoms with Gasteiger partial charge in [-0.25, -0.2) is 4.39 Å². The van der Waals surface area contributed by atoms with Crippen molar-refractivity contribution in [3.63, 3.8) is 0 Å². The van der Waals surface area contributed by atoms with E-state index in [1.807, 2.05) is 0 Å². The number of rotatable bonds is 2. The monoisotopic (exact) mass is 263 g/mol. The van der Waals surface area contributed by atoms with Crippen LogP contribution in [0.1, 0.15) is 15.9 Å². The summed E-state index contributed by atoms with van der Waals surface area (Å²) in [6.07, 6.45) is 0. The zero-order chi connectivity index (χ0) is 13.1. The fourth-order valence-electron chi connectivity index (χ4n) is 1.64. The molecule has 0 spiro atoms. The van der Waals surface area contributed by atoms with Crippen LogP contribution in [-0.2, 0) is 0 Å². The summed E-state index contributed by atoms with van der Waals surface area (Å²) in [7, 11) is 0. The van der Waals surface area contributed by atoms with Gasteiger partial charge in [-0.05, 0) is 48.9 Å². The number of anilines is 1. The Balaban J connectivity index is 2.21. The van der Waals surface area contributed by atoms with Crippen molar-refractivity contribution in [3.8, 4) is 0 Å². The highest BCUT2D eigenvalue weighted by atomic mass is 35.5. The van der Waals surface area contributed by atoms with E-state index in [2.05, 4.69) is 5.32 Å². The maximum absolute atomic E-state index is 13.2. The molecular formula is C14H11ClFNO. The van der Waals surface area contributed by atoms with E-state index in [0.29, 0.717) is 16.3 Å². The average molecular weight is 264 g/mol. The molecule has 1 amide bonds. The van der Waals surface area contributed by atoms with Gasteiger partial charge in [0.05, 0.1) is 0 Å². The molecule has 0 unspecified atom stereocenters. The van der Waals surface area contributed by atoms with Crippen LogP contribution >= 0.6 is 11.6 Å². The molecule has 2 aromatic rings. The third-order valence-corrected chi connectivity index (χ3v) is 2.62. The summed E-state index contributed by atoms with van der Waals surface area (Å²) in [5, 5.41) is 3.11. The third kappa shape index (κ3) is 3.08. The SMILES string of the molecule is Cc1cc(F)cc(NC(=O)c2cccc(Cl)c2)c1. The maximum Gasteiger partial charge on any atom is 0.255 e. The van der Waals surface area contributed by atoms with Gasteiger partial charge in [-0.2, -0.15) is 0 Å². The van der Waals surface area contributed by atoms with E-state index in [9.17, 15) is 9.18 Å². The van der Waals surface area contributed by atoms with E-state index in [1.54, 1.807) is 37.3 Å². The molecule has 0 aliphatic carbocycles. The van der Waals surface area contributed by atoms with Gasteiger partial charge in [-0.3, -0.25) is 4.79 Å². The first-order valence-corrected chi connectivity index (χ1v) is 5.76. The number of hydrogen-bond acceptors (Lipinski definition) is 1. The molecule has 0 atom stereocenters. The zero-order valence-electron chi connectivity index (χ0n) is 9.71. The molecule has 0 heterocycles. The molecule has 0 saturated heterocycles. The lowest BCUT2D eigenvalue weighted by Gasteiger charge is -2.06. The lowest BCUT2D eigenvalue weighted by molar-refractivity contribution is 0.102. The third-order valence-electron chi connectivity index (χ3n) is 2.39. The second-order valence-electron chi connectivity index (χ2n) is 3.98. The molecule has 2 nitrogen and oxygen atoms in total. The minimum Gasteiger partial charge on any atom is -0.322 e. The standard InChI is InChI=1S/C14H11ClFNO/c1-9-5-12(16)8-13(6-9)17-14(18)10-3-2-4-11(15)7-10/h2-8H,1H3,(H,17,18). The summed E-state index contributed by atoms with van der Waals surface area (Å²) in [5.41, 5.74) is 1.61. The molecule has 0 aliphatic rings. The van der Waals surface area contributed by atoms with Crippen molar-refractivity contribution in [2.24, 2.45) is 0 Å². The fraction of sp³-hybridized carbons (Fsp3) is 0.0714. The molecule has 18 heavy (non-hydrogen) atoms. The number of carbonyl (C=O) groups is 1. The van der Waals surface area contributed by atoms with Gasteiger partial charge < -0.3 is 5.32 Å². The first-order valence-electron chi connectivity index (χ1n) is 5.39. The first-order chi connectivity index (χ1) is 8.54. The Morgan fingerprint density at radius 1 is 1.22 bits per heavy atom. The van der Waals surface area contributed by atoms with Crippen LogP contribution in [0.25, 0.3) is 0 Å². The van der Waals surface area contributed by atoms with Gasteiger partial charge in [-0.1, -0.05) is 17.7 Å². The van der Waals surface area contributed by atoms with Crippen LogP contribution in [0, 0.1) is 12.7 Å². The largest absolute Gasteiger partial charge is 0.322 e. The Hall–Kier alpha value is -1.87. The number of aryl methyl sites for hydroxylation is 1. The highest BCUT2D eigenvalue weighted by Crippen LogP contribution is 2.16. The van der Waals surface area contributed by atoms with Gasteiger partial charge >= 0.3 is 0 Å². The van der Waals surface area contributed by atoms with Crippen LogP contribution in [0.5, 0.6) is 0 Å². The molecule has 0 fully saturated rings. The second kappa shape index (κ2) is 5.19.